The first-order valence-corrected chi connectivity index (χ1v) is 10.9. The standard InChI is InChI=1S/C24H29N2O5/c1-28-18-8-10-20(29-2)19(15-18)25-16-24(27,26-11-5-3-4-6-23(25)26)17-7-9-21-22(14-17)31-13-12-30-21/h7-10,14-15,27H,3-6,11-13,16H2,1-2H3/q+1/t24-/m1/s1. The highest BCUT2D eigenvalue weighted by atomic mass is 16.6. The number of fused-ring (bicyclic) bond motifs is 1. The Balaban J connectivity index is 1.61. The number of amidine groups is 1. The van der Waals surface area contributed by atoms with E-state index in [1.54, 1.807) is 14.2 Å². The van der Waals surface area contributed by atoms with E-state index in [1.807, 2.05) is 36.4 Å². The Labute approximate surface area is 182 Å². The minimum atomic E-state index is -1.18. The fourth-order valence-corrected chi connectivity index (χ4v) is 4.84. The van der Waals surface area contributed by atoms with Crippen LogP contribution in [0.25, 0.3) is 0 Å². The quantitative estimate of drug-likeness (QED) is 0.760. The monoisotopic (exact) mass is 425 g/mol. The predicted octanol–water partition coefficient (Wildman–Crippen LogP) is 3.13. The molecule has 0 aromatic heterocycles. The number of nitrogens with zero attached hydrogens (tertiary/aromatic N) is 2. The molecule has 0 saturated heterocycles. The van der Waals surface area contributed by atoms with E-state index in [-0.39, 0.29) is 0 Å². The topological polar surface area (TPSA) is 63.4 Å². The van der Waals surface area contributed by atoms with E-state index in [9.17, 15) is 5.11 Å². The van der Waals surface area contributed by atoms with Gasteiger partial charge in [0.1, 0.15) is 19.0 Å². The van der Waals surface area contributed by atoms with Crippen LogP contribution in [-0.2, 0) is 5.72 Å². The molecule has 7 heteroatoms. The summed E-state index contributed by atoms with van der Waals surface area (Å²) >= 11 is 0. The Morgan fingerprint density at radius 1 is 0.968 bits per heavy atom. The van der Waals surface area contributed by atoms with Crippen molar-refractivity contribution in [3.63, 3.8) is 0 Å². The minimum Gasteiger partial charge on any atom is -0.497 e. The molecule has 0 radical (unpaired) electrons. The second kappa shape index (κ2) is 7.96. The van der Waals surface area contributed by atoms with Crippen molar-refractivity contribution >= 4 is 11.5 Å². The normalized spacial score (nSPS) is 22.7. The first-order chi connectivity index (χ1) is 15.1. The molecule has 7 nitrogen and oxygen atoms in total. The number of hydrogen-bond acceptors (Lipinski definition) is 6. The smallest absolute Gasteiger partial charge is 0.271 e. The van der Waals surface area contributed by atoms with Crippen molar-refractivity contribution in [2.45, 2.75) is 31.4 Å². The Hall–Kier alpha value is -2.93. The average molecular weight is 426 g/mol. The average Bonchev–Trinajstić information content (AvgIpc) is 2.96. The first kappa shape index (κ1) is 20.0. The second-order valence-corrected chi connectivity index (χ2v) is 8.18. The van der Waals surface area contributed by atoms with Gasteiger partial charge in [0.15, 0.2) is 29.5 Å². The molecule has 164 valence electrons. The number of methoxy groups -OCH3 is 2. The van der Waals surface area contributed by atoms with Crippen LogP contribution in [-0.4, -0.2) is 56.0 Å². The third-order valence-corrected chi connectivity index (χ3v) is 6.41. The van der Waals surface area contributed by atoms with E-state index in [1.165, 1.54) is 0 Å². The van der Waals surface area contributed by atoms with E-state index in [0.29, 0.717) is 25.5 Å². The van der Waals surface area contributed by atoms with E-state index in [4.69, 9.17) is 18.9 Å². The zero-order valence-electron chi connectivity index (χ0n) is 18.1. The van der Waals surface area contributed by atoms with Crippen LogP contribution in [0.5, 0.6) is 23.0 Å². The molecule has 3 aliphatic heterocycles. The molecule has 2 aromatic rings. The molecule has 3 aliphatic rings. The number of β-amino-alcohol motifs (C(OH)–C–C–N with tert-alkyl or cyclic N) is 1. The molecule has 0 aliphatic carbocycles. The molecule has 0 unspecified atom stereocenters. The van der Waals surface area contributed by atoms with E-state index in [0.717, 1.165) is 66.6 Å². The van der Waals surface area contributed by atoms with Crippen LogP contribution in [0.15, 0.2) is 36.4 Å². The third kappa shape index (κ3) is 3.37. The van der Waals surface area contributed by atoms with Gasteiger partial charge in [0.05, 0.1) is 20.8 Å². The van der Waals surface area contributed by atoms with Crippen LogP contribution >= 0.6 is 0 Å². The van der Waals surface area contributed by atoms with Gasteiger partial charge in [-0.05, 0) is 49.6 Å². The highest BCUT2D eigenvalue weighted by Gasteiger charge is 2.53. The molecule has 3 heterocycles. The lowest BCUT2D eigenvalue weighted by Crippen LogP contribution is -2.41. The molecular weight excluding hydrogens is 396 g/mol. The number of hydrogen-bond donors (Lipinski definition) is 1. The molecule has 0 bridgehead atoms. The zero-order chi connectivity index (χ0) is 21.4. The highest BCUT2D eigenvalue weighted by Crippen LogP contribution is 2.42. The van der Waals surface area contributed by atoms with Crippen molar-refractivity contribution in [3.05, 3.63) is 42.0 Å². The molecule has 5 rings (SSSR count). The van der Waals surface area contributed by atoms with Crippen molar-refractivity contribution in [2.75, 3.05) is 45.4 Å². The van der Waals surface area contributed by atoms with Crippen molar-refractivity contribution in [3.8, 4) is 23.0 Å². The summed E-state index contributed by atoms with van der Waals surface area (Å²) in [5.41, 5.74) is 0.529. The maximum atomic E-state index is 12.1. The first-order valence-electron chi connectivity index (χ1n) is 10.9. The lowest BCUT2D eigenvalue weighted by molar-refractivity contribution is -0.658. The largest absolute Gasteiger partial charge is 0.497 e. The van der Waals surface area contributed by atoms with Gasteiger partial charge in [-0.3, -0.25) is 0 Å². The summed E-state index contributed by atoms with van der Waals surface area (Å²) in [7, 11) is 3.33. The van der Waals surface area contributed by atoms with Crippen molar-refractivity contribution < 1.29 is 28.6 Å². The van der Waals surface area contributed by atoms with Gasteiger partial charge < -0.3 is 24.1 Å². The minimum absolute atomic E-state index is 0.394. The summed E-state index contributed by atoms with van der Waals surface area (Å²) in [6.07, 6.45) is 4.17. The molecule has 0 amide bonds. The molecule has 1 N–H and O–H groups in total. The molecule has 2 aromatic carbocycles. The van der Waals surface area contributed by atoms with Crippen LogP contribution in [0.4, 0.5) is 5.69 Å². The van der Waals surface area contributed by atoms with E-state index >= 15 is 0 Å². The number of rotatable bonds is 4. The number of anilines is 1. The maximum Gasteiger partial charge on any atom is 0.271 e. The van der Waals surface area contributed by atoms with Gasteiger partial charge >= 0.3 is 0 Å². The lowest BCUT2D eigenvalue weighted by atomic mass is 10.0. The molecule has 0 fully saturated rings. The van der Waals surface area contributed by atoms with Gasteiger partial charge in [-0.1, -0.05) is 0 Å². The van der Waals surface area contributed by atoms with E-state index < -0.39 is 5.72 Å². The molecule has 0 saturated carbocycles. The van der Waals surface area contributed by atoms with Crippen molar-refractivity contribution in [1.29, 1.82) is 0 Å². The molecule has 1 atom stereocenters. The third-order valence-electron chi connectivity index (χ3n) is 6.41. The summed E-state index contributed by atoms with van der Waals surface area (Å²) in [4.78, 5) is 2.18. The van der Waals surface area contributed by atoms with Crippen molar-refractivity contribution in [2.24, 2.45) is 0 Å². The second-order valence-electron chi connectivity index (χ2n) is 8.18. The SMILES string of the molecule is COc1ccc(OC)c(N2C[C@@](O)(c3ccc4c(c3)OCCO4)[N+]3=C2CCCCC3)c1. The summed E-state index contributed by atoms with van der Waals surface area (Å²) in [6.45, 7) is 2.25. The van der Waals surface area contributed by atoms with Gasteiger partial charge in [0, 0.05) is 18.1 Å². The fraction of sp³-hybridized carbons (Fsp3) is 0.458. The van der Waals surface area contributed by atoms with Crippen LogP contribution in [0.1, 0.15) is 31.2 Å². The Bertz CT molecular complexity index is 1020. The Morgan fingerprint density at radius 3 is 2.61 bits per heavy atom. The number of aliphatic hydroxyl groups is 1. The van der Waals surface area contributed by atoms with Crippen molar-refractivity contribution in [1.82, 2.24) is 0 Å². The van der Waals surface area contributed by atoms with Gasteiger partial charge in [0.2, 0.25) is 0 Å². The summed E-state index contributed by atoms with van der Waals surface area (Å²) in [6, 6.07) is 11.5. The zero-order valence-corrected chi connectivity index (χ0v) is 18.1. The number of ether oxygens (including phenoxy) is 4. The summed E-state index contributed by atoms with van der Waals surface area (Å²) in [5, 5.41) is 12.1. The van der Waals surface area contributed by atoms with E-state index in [2.05, 4.69) is 9.48 Å². The van der Waals surface area contributed by atoms with Gasteiger partial charge in [-0.2, -0.15) is 0 Å². The van der Waals surface area contributed by atoms with Gasteiger partial charge in [-0.15, -0.1) is 0 Å². The van der Waals surface area contributed by atoms with Gasteiger partial charge in [0.25, 0.3) is 11.6 Å². The molecule has 0 spiro atoms. The van der Waals surface area contributed by atoms with Crippen LogP contribution in [0.2, 0.25) is 0 Å². The number of benzene rings is 2. The fourth-order valence-electron chi connectivity index (χ4n) is 4.84. The molecule has 31 heavy (non-hydrogen) atoms. The predicted molar refractivity (Wildman–Crippen MR) is 117 cm³/mol. The Morgan fingerprint density at radius 2 is 1.81 bits per heavy atom. The Kier molecular flexibility index (Phi) is 5.14. The van der Waals surface area contributed by atoms with Gasteiger partial charge in [-0.25, -0.2) is 9.48 Å². The summed E-state index contributed by atoms with van der Waals surface area (Å²) in [5.74, 6) is 4.03. The highest BCUT2D eigenvalue weighted by molar-refractivity contribution is 5.97. The lowest BCUT2D eigenvalue weighted by Gasteiger charge is -2.26. The molecular formula is C24H29N2O5+. The van der Waals surface area contributed by atoms with Crippen LogP contribution < -0.4 is 23.8 Å². The van der Waals surface area contributed by atoms with Crippen LogP contribution in [0, 0.1) is 0 Å². The van der Waals surface area contributed by atoms with Crippen LogP contribution in [0.3, 0.4) is 0 Å². The summed E-state index contributed by atoms with van der Waals surface area (Å²) < 4.78 is 24.8. The maximum absolute atomic E-state index is 12.1.